The molecule has 0 aliphatic carbocycles. The summed E-state index contributed by atoms with van der Waals surface area (Å²) in [6.45, 7) is 6.17. The van der Waals surface area contributed by atoms with E-state index in [4.69, 9.17) is 14.6 Å². The van der Waals surface area contributed by atoms with Crippen LogP contribution >= 0.6 is 0 Å². The average molecular weight is 433 g/mol. The minimum atomic E-state index is -0.232. The van der Waals surface area contributed by atoms with Crippen LogP contribution in [0.2, 0.25) is 0 Å². The number of carbonyl (C=O) groups excluding carboxylic acids is 1. The van der Waals surface area contributed by atoms with Crippen LogP contribution in [0, 0.1) is 13.8 Å². The number of aromatic nitrogens is 6. The number of nitrogens with one attached hydrogen (secondary N) is 1. The van der Waals surface area contributed by atoms with E-state index in [1.165, 1.54) is 0 Å². The largest absolute Gasteiger partial charge is 0.493 e. The highest BCUT2D eigenvalue weighted by atomic mass is 16.5. The Kier molecular flexibility index (Phi) is 4.76. The van der Waals surface area contributed by atoms with Crippen molar-refractivity contribution in [3.05, 3.63) is 53.0 Å². The third-order valence-corrected chi connectivity index (χ3v) is 5.62. The van der Waals surface area contributed by atoms with Crippen LogP contribution in [0.25, 0.3) is 11.5 Å². The van der Waals surface area contributed by atoms with Gasteiger partial charge in [-0.25, -0.2) is 0 Å². The Morgan fingerprint density at radius 1 is 1.16 bits per heavy atom. The van der Waals surface area contributed by atoms with E-state index in [-0.39, 0.29) is 18.2 Å². The van der Waals surface area contributed by atoms with E-state index < -0.39 is 0 Å². The van der Waals surface area contributed by atoms with Gasteiger partial charge in [-0.1, -0.05) is 12.1 Å². The average Bonchev–Trinajstić information content (AvgIpc) is 3.33. The third kappa shape index (κ3) is 3.06. The molecule has 4 aromatic rings. The van der Waals surface area contributed by atoms with Crippen LogP contribution in [0.5, 0.6) is 11.5 Å². The predicted molar refractivity (Wildman–Crippen MR) is 117 cm³/mol. The topological polar surface area (TPSA) is 108 Å². The highest BCUT2D eigenvalue weighted by Crippen LogP contribution is 2.45. The van der Waals surface area contributed by atoms with Gasteiger partial charge in [-0.2, -0.15) is 14.3 Å². The molecular formula is C22H23N7O3. The Balaban J connectivity index is 1.68. The van der Waals surface area contributed by atoms with Gasteiger partial charge in [0, 0.05) is 23.5 Å². The number of methoxy groups -OCH3 is 1. The molecule has 1 aliphatic heterocycles. The van der Waals surface area contributed by atoms with Crippen LogP contribution < -0.4 is 14.8 Å². The predicted octanol–water partition coefficient (Wildman–Crippen LogP) is 2.81. The number of para-hydroxylation sites is 1. The number of carbonyl (C=O) groups is 1. The maximum atomic E-state index is 12.8. The fourth-order valence-corrected chi connectivity index (χ4v) is 4.24. The van der Waals surface area contributed by atoms with Crippen molar-refractivity contribution in [2.75, 3.05) is 19.0 Å². The lowest BCUT2D eigenvalue weighted by atomic mass is 9.85. The number of hydrogen-bond donors (Lipinski definition) is 1. The van der Waals surface area contributed by atoms with Crippen LogP contribution in [-0.4, -0.2) is 49.2 Å². The van der Waals surface area contributed by atoms with Crippen molar-refractivity contribution in [1.29, 1.82) is 0 Å². The molecule has 10 heteroatoms. The molecule has 164 valence electrons. The molecule has 3 aromatic heterocycles. The first kappa shape index (κ1) is 20.0. The molecule has 32 heavy (non-hydrogen) atoms. The van der Waals surface area contributed by atoms with E-state index in [1.54, 1.807) is 16.3 Å². The molecule has 5 rings (SSSR count). The van der Waals surface area contributed by atoms with Crippen molar-refractivity contribution in [1.82, 2.24) is 29.6 Å². The summed E-state index contributed by atoms with van der Waals surface area (Å²) in [5, 5.41) is 20.5. The fraction of sp³-hybridized carbons (Fsp3) is 0.318. The second-order valence-electron chi connectivity index (χ2n) is 7.58. The highest BCUT2D eigenvalue weighted by molar-refractivity contribution is 5.95. The number of amides is 1. The molecule has 1 atom stereocenters. The molecule has 1 unspecified atom stereocenters. The number of anilines is 1. The zero-order chi connectivity index (χ0) is 22.4. The fourth-order valence-electron chi connectivity index (χ4n) is 4.24. The Morgan fingerprint density at radius 2 is 2.00 bits per heavy atom. The number of fused-ring (bicyclic) bond motifs is 2. The summed E-state index contributed by atoms with van der Waals surface area (Å²) in [5.41, 5.74) is 3.27. The molecule has 4 heterocycles. The van der Waals surface area contributed by atoms with Crippen LogP contribution in [0.1, 0.15) is 41.9 Å². The summed E-state index contributed by atoms with van der Waals surface area (Å²) in [4.78, 5) is 12.8. The second-order valence-corrected chi connectivity index (χ2v) is 7.58. The minimum Gasteiger partial charge on any atom is -0.493 e. The van der Waals surface area contributed by atoms with E-state index >= 15 is 0 Å². The van der Waals surface area contributed by atoms with Gasteiger partial charge in [-0.3, -0.25) is 4.79 Å². The van der Waals surface area contributed by atoms with Crippen molar-refractivity contribution in [2.24, 2.45) is 0 Å². The third-order valence-electron chi connectivity index (χ3n) is 5.62. The Bertz CT molecular complexity index is 1340. The second kappa shape index (κ2) is 7.63. The van der Waals surface area contributed by atoms with Crippen molar-refractivity contribution in [2.45, 2.75) is 33.1 Å². The molecule has 0 spiro atoms. The first-order valence-electron chi connectivity index (χ1n) is 10.4. The van der Waals surface area contributed by atoms with Gasteiger partial charge < -0.3 is 14.8 Å². The summed E-state index contributed by atoms with van der Waals surface area (Å²) >= 11 is 0. The number of hydrogen-bond acceptors (Lipinski definition) is 7. The minimum absolute atomic E-state index is 0.101. The van der Waals surface area contributed by atoms with Gasteiger partial charge in [-0.05, 0) is 39.0 Å². The first-order chi connectivity index (χ1) is 15.5. The maximum absolute atomic E-state index is 12.8. The summed E-state index contributed by atoms with van der Waals surface area (Å²) < 4.78 is 14.8. The summed E-state index contributed by atoms with van der Waals surface area (Å²) in [6.07, 6.45) is 0.282. The summed E-state index contributed by atoms with van der Waals surface area (Å²) in [6, 6.07) is 9.37. The van der Waals surface area contributed by atoms with Gasteiger partial charge in [-0.15, -0.1) is 15.3 Å². The quantitative estimate of drug-likeness (QED) is 0.515. The number of aryl methyl sites for hydroxylation is 2. The molecule has 0 saturated heterocycles. The smallest absolute Gasteiger partial charge is 0.226 e. The van der Waals surface area contributed by atoms with Crippen LogP contribution in [0.3, 0.4) is 0 Å². The normalized spacial score (nSPS) is 15.5. The Labute approximate surface area is 184 Å². The van der Waals surface area contributed by atoms with E-state index in [0.717, 1.165) is 16.8 Å². The van der Waals surface area contributed by atoms with Crippen molar-refractivity contribution in [3.63, 3.8) is 0 Å². The number of rotatable bonds is 5. The van der Waals surface area contributed by atoms with E-state index in [2.05, 4.69) is 20.6 Å². The lowest BCUT2D eigenvalue weighted by Crippen LogP contribution is -2.25. The maximum Gasteiger partial charge on any atom is 0.226 e. The molecule has 1 aliphatic rings. The van der Waals surface area contributed by atoms with Crippen LogP contribution in [0.15, 0.2) is 30.3 Å². The Morgan fingerprint density at radius 3 is 2.78 bits per heavy atom. The van der Waals surface area contributed by atoms with Gasteiger partial charge in [0.2, 0.25) is 5.91 Å². The van der Waals surface area contributed by atoms with E-state index in [1.807, 2.05) is 51.1 Å². The number of ether oxygens (including phenoxy) is 2. The summed E-state index contributed by atoms with van der Waals surface area (Å²) in [7, 11) is 1.61. The van der Waals surface area contributed by atoms with Crippen molar-refractivity contribution >= 4 is 17.4 Å². The monoisotopic (exact) mass is 433 g/mol. The molecule has 1 aromatic carbocycles. The Hall–Kier alpha value is -3.95. The number of benzene rings is 1. The van der Waals surface area contributed by atoms with Gasteiger partial charge in [0.1, 0.15) is 5.82 Å². The molecule has 10 nitrogen and oxygen atoms in total. The molecule has 0 radical (unpaired) electrons. The van der Waals surface area contributed by atoms with Gasteiger partial charge in [0.25, 0.3) is 0 Å². The van der Waals surface area contributed by atoms with Gasteiger partial charge in [0.05, 0.1) is 19.4 Å². The summed E-state index contributed by atoms with van der Waals surface area (Å²) in [5.74, 6) is 2.78. The molecule has 1 amide bonds. The molecule has 0 bridgehead atoms. The molecule has 1 N–H and O–H groups in total. The number of nitrogens with zero attached hydrogens (tertiary/aromatic N) is 6. The molecule has 0 saturated carbocycles. The van der Waals surface area contributed by atoms with E-state index in [0.29, 0.717) is 41.2 Å². The van der Waals surface area contributed by atoms with Gasteiger partial charge in [0.15, 0.2) is 28.8 Å². The lowest BCUT2D eigenvalue weighted by molar-refractivity contribution is -0.116. The molecular weight excluding hydrogens is 410 g/mol. The standard InChI is InChI=1S/C22H23N7O3/c1-5-32-21-14(7-6-8-16(21)31-4)15-11-19(30)23-22-20(15)12(2)26-29(22)18-10-9-17-25-24-13(3)28(17)27-18/h6-10,15H,5,11H2,1-4H3,(H,23,30). The van der Waals surface area contributed by atoms with Crippen molar-refractivity contribution in [3.8, 4) is 17.3 Å². The SMILES string of the molecule is CCOc1c(OC)cccc1C1CC(=O)Nc2c1c(C)nn2-c1ccc2nnc(C)n2n1. The molecule has 0 fully saturated rings. The van der Waals surface area contributed by atoms with E-state index in [9.17, 15) is 4.79 Å². The van der Waals surface area contributed by atoms with Crippen LogP contribution in [-0.2, 0) is 4.79 Å². The van der Waals surface area contributed by atoms with Crippen LogP contribution in [0.4, 0.5) is 5.82 Å². The zero-order valence-electron chi connectivity index (χ0n) is 18.3. The first-order valence-corrected chi connectivity index (χ1v) is 10.4. The highest BCUT2D eigenvalue weighted by Gasteiger charge is 2.35. The van der Waals surface area contributed by atoms with Crippen molar-refractivity contribution < 1.29 is 14.3 Å². The lowest BCUT2D eigenvalue weighted by Gasteiger charge is -2.26. The zero-order valence-corrected chi connectivity index (χ0v) is 18.3. The van der Waals surface area contributed by atoms with Gasteiger partial charge >= 0.3 is 0 Å².